The van der Waals surface area contributed by atoms with Gasteiger partial charge in [-0.2, -0.15) is 0 Å². The van der Waals surface area contributed by atoms with E-state index in [-0.39, 0.29) is 6.42 Å². The van der Waals surface area contributed by atoms with E-state index in [2.05, 4.69) is 0 Å². The van der Waals surface area contributed by atoms with Gasteiger partial charge in [-0.25, -0.2) is 8.78 Å². The third kappa shape index (κ3) is 5.74. The highest BCUT2D eigenvalue weighted by atomic mass is 19.3. The number of hydrogen-bond acceptors (Lipinski definition) is 0. The molecular weight excluding hydrogens is 122 g/mol. The zero-order valence-corrected chi connectivity index (χ0v) is 6.03. The lowest BCUT2D eigenvalue weighted by Crippen LogP contribution is -1.96. The van der Waals surface area contributed by atoms with Crippen LogP contribution < -0.4 is 0 Å². The Morgan fingerprint density at radius 1 is 1.22 bits per heavy atom. The Kier molecular flexibility index (Phi) is 4.64. The summed E-state index contributed by atoms with van der Waals surface area (Å²) in [5.74, 6) is 0.457. The molecule has 0 rings (SSSR count). The summed E-state index contributed by atoms with van der Waals surface area (Å²) < 4.78 is 23.1. The molecule has 0 aliphatic heterocycles. The maximum atomic E-state index is 11.5. The average Bonchev–Trinajstić information content (AvgIpc) is 1.83. The van der Waals surface area contributed by atoms with Gasteiger partial charge in [0.05, 0.1) is 0 Å². The first-order chi connectivity index (χ1) is 4.16. The Morgan fingerprint density at radius 3 is 2.11 bits per heavy atom. The maximum absolute atomic E-state index is 11.5. The van der Waals surface area contributed by atoms with Crippen LogP contribution in [0.4, 0.5) is 8.78 Å². The number of rotatable bonds is 4. The molecular formula is C7H14F2. The number of hydrogen-bond donors (Lipinski definition) is 0. The zero-order valence-electron chi connectivity index (χ0n) is 6.03. The average molecular weight is 136 g/mol. The van der Waals surface area contributed by atoms with Crippen molar-refractivity contribution in [3.05, 3.63) is 0 Å². The minimum atomic E-state index is -2.11. The van der Waals surface area contributed by atoms with Crippen molar-refractivity contribution in [3.8, 4) is 0 Å². The van der Waals surface area contributed by atoms with Gasteiger partial charge in [-0.15, -0.1) is 0 Å². The molecule has 0 fully saturated rings. The van der Waals surface area contributed by atoms with Crippen LogP contribution in [-0.2, 0) is 0 Å². The van der Waals surface area contributed by atoms with Gasteiger partial charge in [-0.1, -0.05) is 20.3 Å². The second-order valence-corrected chi connectivity index (χ2v) is 2.48. The molecule has 56 valence electrons. The predicted molar refractivity (Wildman–Crippen MR) is 34.7 cm³/mol. The lowest BCUT2D eigenvalue weighted by atomic mass is 10.0. The first-order valence-electron chi connectivity index (χ1n) is 3.45. The highest BCUT2D eigenvalue weighted by molar-refractivity contribution is 4.50. The Hall–Kier alpha value is -0.140. The van der Waals surface area contributed by atoms with Crippen molar-refractivity contribution in [2.75, 3.05) is 0 Å². The SMILES string of the molecule is CC[C@@H](C)CCC(F)F. The summed E-state index contributed by atoms with van der Waals surface area (Å²) in [6, 6.07) is 0. The fraction of sp³-hybridized carbons (Fsp3) is 1.00. The van der Waals surface area contributed by atoms with E-state index in [4.69, 9.17) is 0 Å². The summed E-state index contributed by atoms with van der Waals surface area (Å²) in [6.07, 6.45) is -0.380. The summed E-state index contributed by atoms with van der Waals surface area (Å²) in [5.41, 5.74) is 0. The molecule has 0 nitrogen and oxygen atoms in total. The minimum absolute atomic E-state index is 0.0645. The molecule has 0 heterocycles. The van der Waals surface area contributed by atoms with Gasteiger partial charge in [0.2, 0.25) is 6.43 Å². The first kappa shape index (κ1) is 8.86. The Balaban J connectivity index is 3.06. The fourth-order valence-corrected chi connectivity index (χ4v) is 0.615. The molecule has 0 saturated heterocycles. The molecule has 0 aliphatic carbocycles. The molecule has 0 N–H and O–H groups in total. The molecule has 2 heteroatoms. The van der Waals surface area contributed by atoms with E-state index in [1.165, 1.54) is 0 Å². The van der Waals surface area contributed by atoms with Gasteiger partial charge in [-0.3, -0.25) is 0 Å². The molecule has 1 atom stereocenters. The lowest BCUT2D eigenvalue weighted by molar-refractivity contribution is 0.128. The molecule has 0 unspecified atom stereocenters. The zero-order chi connectivity index (χ0) is 7.28. The van der Waals surface area contributed by atoms with Crippen LogP contribution >= 0.6 is 0 Å². The molecule has 0 amide bonds. The van der Waals surface area contributed by atoms with Crippen LogP contribution in [-0.4, -0.2) is 6.43 Å². The van der Waals surface area contributed by atoms with E-state index in [9.17, 15) is 8.78 Å². The van der Waals surface area contributed by atoms with E-state index < -0.39 is 6.43 Å². The van der Waals surface area contributed by atoms with Gasteiger partial charge in [0.1, 0.15) is 0 Å². The van der Waals surface area contributed by atoms with Gasteiger partial charge in [-0.05, 0) is 12.3 Å². The molecule has 0 radical (unpaired) electrons. The molecule has 0 aromatic rings. The van der Waals surface area contributed by atoms with E-state index in [1.54, 1.807) is 0 Å². The molecule has 0 bridgehead atoms. The summed E-state index contributed by atoms with van der Waals surface area (Å²) in [6.45, 7) is 4.03. The van der Waals surface area contributed by atoms with E-state index in [0.717, 1.165) is 6.42 Å². The van der Waals surface area contributed by atoms with Gasteiger partial charge < -0.3 is 0 Å². The Labute approximate surface area is 55.3 Å². The minimum Gasteiger partial charge on any atom is -0.211 e. The second-order valence-electron chi connectivity index (χ2n) is 2.48. The van der Waals surface area contributed by atoms with Crippen LogP contribution in [0.3, 0.4) is 0 Å². The highest BCUT2D eigenvalue weighted by Gasteiger charge is 2.04. The van der Waals surface area contributed by atoms with Crippen molar-refractivity contribution in [2.24, 2.45) is 5.92 Å². The Bertz CT molecular complexity index is 61.9. The first-order valence-corrected chi connectivity index (χ1v) is 3.45. The highest BCUT2D eigenvalue weighted by Crippen LogP contribution is 2.13. The number of halogens is 2. The monoisotopic (exact) mass is 136 g/mol. The topological polar surface area (TPSA) is 0 Å². The van der Waals surface area contributed by atoms with Crippen LogP contribution in [0, 0.1) is 5.92 Å². The van der Waals surface area contributed by atoms with Crippen LogP contribution in [0.2, 0.25) is 0 Å². The van der Waals surface area contributed by atoms with Gasteiger partial charge in [0, 0.05) is 6.42 Å². The van der Waals surface area contributed by atoms with Crippen molar-refractivity contribution >= 4 is 0 Å². The van der Waals surface area contributed by atoms with Crippen LogP contribution in [0.1, 0.15) is 33.1 Å². The number of alkyl halides is 2. The van der Waals surface area contributed by atoms with Gasteiger partial charge in [0.25, 0.3) is 0 Å². The summed E-state index contributed by atoms with van der Waals surface area (Å²) in [4.78, 5) is 0. The van der Waals surface area contributed by atoms with Gasteiger partial charge in [0.15, 0.2) is 0 Å². The van der Waals surface area contributed by atoms with E-state index >= 15 is 0 Å². The van der Waals surface area contributed by atoms with Crippen LogP contribution in [0.5, 0.6) is 0 Å². The molecule has 0 spiro atoms. The smallest absolute Gasteiger partial charge is 0.211 e. The standard InChI is InChI=1S/C7H14F2/c1-3-6(2)4-5-7(8)9/h6-7H,3-5H2,1-2H3/t6-/m1/s1. The Morgan fingerprint density at radius 2 is 1.78 bits per heavy atom. The normalized spacial score (nSPS) is 14.3. The third-order valence-electron chi connectivity index (χ3n) is 1.57. The maximum Gasteiger partial charge on any atom is 0.238 e. The largest absolute Gasteiger partial charge is 0.238 e. The molecule has 9 heavy (non-hydrogen) atoms. The van der Waals surface area contributed by atoms with Crippen molar-refractivity contribution in [1.29, 1.82) is 0 Å². The molecule has 0 aromatic carbocycles. The van der Waals surface area contributed by atoms with Crippen molar-refractivity contribution in [1.82, 2.24) is 0 Å². The third-order valence-corrected chi connectivity index (χ3v) is 1.57. The fourth-order valence-electron chi connectivity index (χ4n) is 0.615. The molecule has 0 aliphatic rings. The quantitative estimate of drug-likeness (QED) is 0.557. The summed E-state index contributed by atoms with van der Waals surface area (Å²) in [5, 5.41) is 0. The van der Waals surface area contributed by atoms with Crippen molar-refractivity contribution in [2.45, 2.75) is 39.5 Å². The van der Waals surface area contributed by atoms with Crippen molar-refractivity contribution < 1.29 is 8.78 Å². The summed E-state index contributed by atoms with van der Waals surface area (Å²) in [7, 11) is 0. The summed E-state index contributed by atoms with van der Waals surface area (Å²) >= 11 is 0. The van der Waals surface area contributed by atoms with E-state index in [1.807, 2.05) is 13.8 Å². The van der Waals surface area contributed by atoms with Gasteiger partial charge >= 0.3 is 0 Å². The van der Waals surface area contributed by atoms with E-state index in [0.29, 0.717) is 12.3 Å². The van der Waals surface area contributed by atoms with Crippen LogP contribution in [0.25, 0.3) is 0 Å². The van der Waals surface area contributed by atoms with Crippen LogP contribution in [0.15, 0.2) is 0 Å². The van der Waals surface area contributed by atoms with Crippen molar-refractivity contribution in [3.63, 3.8) is 0 Å². The second kappa shape index (κ2) is 4.71. The molecule has 0 saturated carbocycles. The lowest BCUT2D eigenvalue weighted by Gasteiger charge is -2.05. The predicted octanol–water partition coefficient (Wildman–Crippen LogP) is 3.08. The molecule has 0 aromatic heterocycles.